The van der Waals surface area contributed by atoms with Gasteiger partial charge in [-0.3, -0.25) is 5.10 Å². The zero-order valence-electron chi connectivity index (χ0n) is 10.7. The molecule has 0 aliphatic heterocycles. The number of aromatic nitrogens is 2. The number of fused-ring (bicyclic) bond motifs is 2. The maximum absolute atomic E-state index is 11.4. The van der Waals surface area contributed by atoms with E-state index in [-0.39, 0.29) is 0 Å². The highest BCUT2D eigenvalue weighted by atomic mass is 16.4. The molecule has 0 saturated carbocycles. The first kappa shape index (κ1) is 11.2. The van der Waals surface area contributed by atoms with Crippen molar-refractivity contribution >= 4 is 16.9 Å². The Bertz CT molecular complexity index is 849. The fraction of sp³-hybridized carbons (Fsp3) is 0.125. The number of hydrogen-bond donors (Lipinski definition) is 2. The third kappa shape index (κ3) is 1.42. The highest BCUT2D eigenvalue weighted by molar-refractivity contribution is 5.99. The quantitative estimate of drug-likeness (QED) is 0.710. The van der Waals surface area contributed by atoms with Crippen molar-refractivity contribution in [3.63, 3.8) is 0 Å². The van der Waals surface area contributed by atoms with Gasteiger partial charge in [0.05, 0.1) is 11.1 Å². The fourth-order valence-corrected chi connectivity index (χ4v) is 3.09. The lowest BCUT2D eigenvalue weighted by atomic mass is 9.96. The first-order valence-electron chi connectivity index (χ1n) is 6.57. The summed E-state index contributed by atoms with van der Waals surface area (Å²) < 4.78 is 0. The third-order valence-electron chi connectivity index (χ3n) is 3.98. The molecular formula is C16H12N2O2. The maximum Gasteiger partial charge on any atom is 0.335 e. The van der Waals surface area contributed by atoms with Gasteiger partial charge < -0.3 is 5.11 Å². The van der Waals surface area contributed by atoms with Gasteiger partial charge in [0.25, 0.3) is 0 Å². The minimum atomic E-state index is -0.875. The molecule has 0 bridgehead atoms. The number of H-pyrrole nitrogens is 1. The molecule has 0 saturated heterocycles. The standard InChI is InChI=1S/C16H12N2O2/c19-16(20)12-5-2-4-11-10(12)8-7-9-3-1-6-13-14(9)15(11)18-17-13/h1-6H,7-8H2,(H,17,18)(H,19,20). The lowest BCUT2D eigenvalue weighted by Gasteiger charge is -2.08. The number of aromatic amines is 1. The van der Waals surface area contributed by atoms with Crippen LogP contribution in [0.3, 0.4) is 0 Å². The number of hydrogen-bond acceptors (Lipinski definition) is 2. The molecule has 1 aliphatic carbocycles. The van der Waals surface area contributed by atoms with Gasteiger partial charge in [-0.05, 0) is 36.1 Å². The molecular weight excluding hydrogens is 252 g/mol. The summed E-state index contributed by atoms with van der Waals surface area (Å²) in [6.45, 7) is 0. The summed E-state index contributed by atoms with van der Waals surface area (Å²) >= 11 is 0. The highest BCUT2D eigenvalue weighted by Gasteiger charge is 2.22. The van der Waals surface area contributed by atoms with Crippen molar-refractivity contribution in [1.82, 2.24) is 10.2 Å². The van der Waals surface area contributed by atoms with Crippen LogP contribution in [-0.2, 0) is 12.8 Å². The molecule has 1 heterocycles. The molecule has 0 fully saturated rings. The normalized spacial score (nSPS) is 13.0. The van der Waals surface area contributed by atoms with Gasteiger partial charge in [0.15, 0.2) is 0 Å². The van der Waals surface area contributed by atoms with Crippen LogP contribution in [0.1, 0.15) is 21.5 Å². The lowest BCUT2D eigenvalue weighted by molar-refractivity contribution is 0.0695. The number of aromatic carboxylic acids is 1. The van der Waals surface area contributed by atoms with Crippen molar-refractivity contribution in [2.24, 2.45) is 0 Å². The first-order chi connectivity index (χ1) is 9.75. The lowest BCUT2D eigenvalue weighted by Crippen LogP contribution is -2.04. The number of nitrogens with zero attached hydrogens (tertiary/aromatic N) is 1. The van der Waals surface area contributed by atoms with Crippen molar-refractivity contribution in [1.29, 1.82) is 0 Å². The van der Waals surface area contributed by atoms with Gasteiger partial charge >= 0.3 is 5.97 Å². The number of carbonyl (C=O) groups is 1. The Balaban J connectivity index is 2.09. The molecule has 20 heavy (non-hydrogen) atoms. The van der Waals surface area contributed by atoms with E-state index in [4.69, 9.17) is 0 Å². The molecule has 2 N–H and O–H groups in total. The molecule has 4 rings (SSSR count). The van der Waals surface area contributed by atoms with Crippen molar-refractivity contribution in [2.75, 3.05) is 0 Å². The van der Waals surface area contributed by atoms with E-state index in [9.17, 15) is 9.90 Å². The maximum atomic E-state index is 11.4. The van der Waals surface area contributed by atoms with Crippen molar-refractivity contribution < 1.29 is 9.90 Å². The Kier molecular flexibility index (Phi) is 2.21. The van der Waals surface area contributed by atoms with E-state index in [0.29, 0.717) is 5.56 Å². The fourth-order valence-electron chi connectivity index (χ4n) is 3.09. The van der Waals surface area contributed by atoms with Gasteiger partial charge in [0.1, 0.15) is 5.69 Å². The summed E-state index contributed by atoms with van der Waals surface area (Å²) in [7, 11) is 0. The van der Waals surface area contributed by atoms with Crippen LogP contribution in [0.15, 0.2) is 36.4 Å². The molecule has 98 valence electrons. The molecule has 1 aliphatic rings. The molecule has 4 heteroatoms. The van der Waals surface area contributed by atoms with Crippen LogP contribution in [0, 0.1) is 0 Å². The van der Waals surface area contributed by atoms with Crippen LogP contribution >= 0.6 is 0 Å². The molecule has 2 aromatic carbocycles. The van der Waals surface area contributed by atoms with Crippen molar-refractivity contribution in [3.05, 3.63) is 53.1 Å². The van der Waals surface area contributed by atoms with Gasteiger partial charge in [-0.25, -0.2) is 4.79 Å². The highest BCUT2D eigenvalue weighted by Crippen LogP contribution is 2.36. The van der Waals surface area contributed by atoms with E-state index in [0.717, 1.165) is 40.6 Å². The summed E-state index contributed by atoms with van der Waals surface area (Å²) in [6.07, 6.45) is 1.56. The van der Waals surface area contributed by atoms with E-state index in [1.165, 1.54) is 5.56 Å². The minimum absolute atomic E-state index is 0.381. The van der Waals surface area contributed by atoms with Gasteiger partial charge in [-0.15, -0.1) is 0 Å². The first-order valence-corrected chi connectivity index (χ1v) is 6.57. The second-order valence-electron chi connectivity index (χ2n) is 5.05. The largest absolute Gasteiger partial charge is 0.478 e. The van der Waals surface area contributed by atoms with E-state index >= 15 is 0 Å². The molecule has 4 nitrogen and oxygen atoms in total. The molecule has 3 aromatic rings. The number of nitrogens with one attached hydrogen (secondary N) is 1. The van der Waals surface area contributed by atoms with Gasteiger partial charge in [-0.2, -0.15) is 5.10 Å². The van der Waals surface area contributed by atoms with Crippen LogP contribution < -0.4 is 0 Å². The van der Waals surface area contributed by atoms with E-state index < -0.39 is 5.97 Å². The van der Waals surface area contributed by atoms with Gasteiger partial charge in [-0.1, -0.05) is 24.3 Å². The van der Waals surface area contributed by atoms with Crippen LogP contribution in [0.25, 0.3) is 22.2 Å². The average molecular weight is 264 g/mol. The van der Waals surface area contributed by atoms with Gasteiger partial charge in [0.2, 0.25) is 0 Å². The minimum Gasteiger partial charge on any atom is -0.478 e. The summed E-state index contributed by atoms with van der Waals surface area (Å²) in [5.74, 6) is -0.875. The Labute approximate surface area is 115 Å². The SMILES string of the molecule is O=C(O)c1cccc2c1CCc1cccc3[nH]nc-2c13. The van der Waals surface area contributed by atoms with Crippen molar-refractivity contribution in [3.8, 4) is 11.3 Å². The Morgan fingerprint density at radius 2 is 2.00 bits per heavy atom. The number of benzene rings is 2. The summed E-state index contributed by atoms with van der Waals surface area (Å²) in [4.78, 5) is 11.4. The third-order valence-corrected chi connectivity index (χ3v) is 3.98. The van der Waals surface area contributed by atoms with Gasteiger partial charge in [0, 0.05) is 10.9 Å². The monoisotopic (exact) mass is 264 g/mol. The molecule has 1 aromatic heterocycles. The van der Waals surface area contributed by atoms with Crippen LogP contribution in [0.2, 0.25) is 0 Å². The molecule has 0 atom stereocenters. The summed E-state index contributed by atoms with van der Waals surface area (Å²) in [5, 5.41) is 17.9. The van der Waals surface area contributed by atoms with Crippen molar-refractivity contribution in [2.45, 2.75) is 12.8 Å². The predicted octanol–water partition coefficient (Wildman–Crippen LogP) is 3.03. The number of aryl methyl sites for hydroxylation is 1. The molecule has 0 radical (unpaired) electrons. The average Bonchev–Trinajstić information content (AvgIpc) is 2.81. The Morgan fingerprint density at radius 1 is 1.15 bits per heavy atom. The zero-order valence-corrected chi connectivity index (χ0v) is 10.7. The summed E-state index contributed by atoms with van der Waals surface area (Å²) in [5.41, 5.74) is 5.29. The molecule has 0 spiro atoms. The van der Waals surface area contributed by atoms with Crippen LogP contribution in [0.4, 0.5) is 0 Å². The second kappa shape index (κ2) is 3.93. The van der Waals surface area contributed by atoms with Crippen LogP contribution in [0.5, 0.6) is 0 Å². The van der Waals surface area contributed by atoms with E-state index in [2.05, 4.69) is 16.3 Å². The Morgan fingerprint density at radius 3 is 2.85 bits per heavy atom. The zero-order chi connectivity index (χ0) is 13.7. The predicted molar refractivity (Wildman–Crippen MR) is 75.9 cm³/mol. The van der Waals surface area contributed by atoms with E-state index in [1.54, 1.807) is 12.1 Å². The van der Waals surface area contributed by atoms with E-state index in [1.807, 2.05) is 18.2 Å². The van der Waals surface area contributed by atoms with Crippen LogP contribution in [-0.4, -0.2) is 21.3 Å². The number of carboxylic acids is 1. The number of rotatable bonds is 1. The Hall–Kier alpha value is -2.62. The molecule has 0 amide bonds. The smallest absolute Gasteiger partial charge is 0.335 e. The summed E-state index contributed by atoms with van der Waals surface area (Å²) in [6, 6.07) is 11.5. The topological polar surface area (TPSA) is 66.0 Å². The molecule has 0 unspecified atom stereocenters. The number of carboxylic acid groups (broad SMARTS) is 1. The second-order valence-corrected chi connectivity index (χ2v) is 5.05.